The molecule has 0 aliphatic carbocycles. The lowest BCUT2D eigenvalue weighted by Crippen LogP contribution is -2.05. The van der Waals surface area contributed by atoms with Gasteiger partial charge in [0.1, 0.15) is 11.6 Å². The number of aryl methyl sites for hydroxylation is 2. The zero-order chi connectivity index (χ0) is 23.1. The van der Waals surface area contributed by atoms with E-state index in [0.29, 0.717) is 23.9 Å². The van der Waals surface area contributed by atoms with E-state index in [-0.39, 0.29) is 0 Å². The van der Waals surface area contributed by atoms with Crippen LogP contribution in [0.4, 0.5) is 5.82 Å². The van der Waals surface area contributed by atoms with Crippen LogP contribution in [-0.4, -0.2) is 29.2 Å². The third-order valence-electron chi connectivity index (χ3n) is 5.03. The second-order valence-corrected chi connectivity index (χ2v) is 7.09. The fraction of sp³-hybridized carbons (Fsp3) is 0.269. The highest BCUT2D eigenvalue weighted by Gasteiger charge is 2.12. The third kappa shape index (κ3) is 4.97. The zero-order valence-corrected chi connectivity index (χ0v) is 19.6. The van der Waals surface area contributed by atoms with Crippen LogP contribution in [0.15, 0.2) is 54.9 Å². The van der Waals surface area contributed by atoms with Crippen molar-refractivity contribution >= 4 is 16.7 Å². The van der Waals surface area contributed by atoms with Crippen molar-refractivity contribution in [3.05, 3.63) is 71.8 Å². The SMILES string of the molecule is CC.COc1cc2nc(C)nc(NCc3cccc(-c4ccncc4C)c3)c2cc1OC. The van der Waals surface area contributed by atoms with E-state index in [0.717, 1.165) is 27.8 Å². The molecule has 166 valence electrons. The predicted molar refractivity (Wildman–Crippen MR) is 130 cm³/mol. The summed E-state index contributed by atoms with van der Waals surface area (Å²) < 4.78 is 10.9. The van der Waals surface area contributed by atoms with E-state index in [4.69, 9.17) is 9.47 Å². The zero-order valence-electron chi connectivity index (χ0n) is 19.6. The molecule has 0 fully saturated rings. The minimum Gasteiger partial charge on any atom is -0.493 e. The maximum atomic E-state index is 5.45. The van der Waals surface area contributed by atoms with Gasteiger partial charge in [-0.05, 0) is 54.3 Å². The number of aromatic nitrogens is 3. The van der Waals surface area contributed by atoms with Gasteiger partial charge in [0.05, 0.1) is 19.7 Å². The Morgan fingerprint density at radius 3 is 2.38 bits per heavy atom. The first-order valence-electron chi connectivity index (χ1n) is 10.7. The molecule has 0 saturated heterocycles. The van der Waals surface area contributed by atoms with E-state index >= 15 is 0 Å². The van der Waals surface area contributed by atoms with E-state index in [1.54, 1.807) is 14.2 Å². The molecule has 0 spiro atoms. The van der Waals surface area contributed by atoms with E-state index in [2.05, 4.69) is 51.5 Å². The Bertz CT molecular complexity index is 1210. The highest BCUT2D eigenvalue weighted by atomic mass is 16.5. The summed E-state index contributed by atoms with van der Waals surface area (Å²) in [6.45, 7) is 8.59. The van der Waals surface area contributed by atoms with Gasteiger partial charge < -0.3 is 14.8 Å². The van der Waals surface area contributed by atoms with Crippen LogP contribution in [0.2, 0.25) is 0 Å². The van der Waals surface area contributed by atoms with Crippen molar-refractivity contribution in [1.82, 2.24) is 15.0 Å². The molecule has 4 rings (SSSR count). The van der Waals surface area contributed by atoms with Crippen molar-refractivity contribution < 1.29 is 9.47 Å². The number of nitrogens with zero attached hydrogens (tertiary/aromatic N) is 3. The summed E-state index contributed by atoms with van der Waals surface area (Å²) in [6, 6.07) is 14.3. The van der Waals surface area contributed by atoms with Gasteiger partial charge in [-0.1, -0.05) is 32.0 Å². The summed E-state index contributed by atoms with van der Waals surface area (Å²) in [4.78, 5) is 13.3. The molecule has 0 unspecified atom stereocenters. The number of pyridine rings is 1. The normalized spacial score (nSPS) is 10.3. The average molecular weight is 431 g/mol. The summed E-state index contributed by atoms with van der Waals surface area (Å²) in [6.07, 6.45) is 3.71. The minimum absolute atomic E-state index is 0.637. The molecule has 2 heterocycles. The monoisotopic (exact) mass is 430 g/mol. The summed E-state index contributed by atoms with van der Waals surface area (Å²) >= 11 is 0. The van der Waals surface area contributed by atoms with Crippen LogP contribution in [0.1, 0.15) is 30.8 Å². The van der Waals surface area contributed by atoms with Crippen LogP contribution >= 0.6 is 0 Å². The Labute approximate surface area is 189 Å². The second-order valence-electron chi connectivity index (χ2n) is 7.09. The Morgan fingerprint density at radius 2 is 1.66 bits per heavy atom. The summed E-state index contributed by atoms with van der Waals surface area (Å²) in [7, 11) is 3.24. The lowest BCUT2D eigenvalue weighted by atomic mass is 10.0. The third-order valence-corrected chi connectivity index (χ3v) is 5.03. The molecule has 0 aliphatic heterocycles. The Morgan fingerprint density at radius 1 is 0.906 bits per heavy atom. The Hall–Kier alpha value is -3.67. The standard InChI is InChI=1S/C24H24N4O2.C2H6/c1-15-13-25-9-8-19(15)18-7-5-6-17(10-18)14-26-24-20-11-22(29-3)23(30-4)12-21(20)27-16(2)28-24;1-2/h5-13H,14H2,1-4H3,(H,26,27,28);1-2H3. The molecule has 0 atom stereocenters. The molecule has 0 saturated carbocycles. The average Bonchev–Trinajstić information content (AvgIpc) is 2.83. The van der Waals surface area contributed by atoms with Crippen molar-refractivity contribution in [2.75, 3.05) is 19.5 Å². The van der Waals surface area contributed by atoms with Crippen molar-refractivity contribution in [1.29, 1.82) is 0 Å². The number of methoxy groups -OCH3 is 2. The smallest absolute Gasteiger partial charge is 0.162 e. The quantitative estimate of drug-likeness (QED) is 0.407. The molecule has 0 amide bonds. The van der Waals surface area contributed by atoms with Crippen LogP contribution in [-0.2, 0) is 6.54 Å². The van der Waals surface area contributed by atoms with Gasteiger partial charge in [0, 0.05) is 30.4 Å². The van der Waals surface area contributed by atoms with Crippen LogP contribution in [0, 0.1) is 13.8 Å². The first kappa shape index (κ1) is 23.0. The fourth-order valence-electron chi connectivity index (χ4n) is 3.54. The molecular weight excluding hydrogens is 400 g/mol. The second kappa shape index (κ2) is 10.6. The molecule has 6 heteroatoms. The molecule has 1 N–H and O–H groups in total. The van der Waals surface area contributed by atoms with E-state index < -0.39 is 0 Å². The van der Waals surface area contributed by atoms with Gasteiger partial charge in [-0.25, -0.2) is 9.97 Å². The summed E-state index contributed by atoms with van der Waals surface area (Å²) in [5, 5.41) is 4.36. The highest BCUT2D eigenvalue weighted by molar-refractivity contribution is 5.91. The van der Waals surface area contributed by atoms with Gasteiger partial charge in [-0.2, -0.15) is 0 Å². The van der Waals surface area contributed by atoms with E-state index in [1.165, 1.54) is 11.1 Å². The maximum absolute atomic E-state index is 5.45. The molecule has 2 aromatic heterocycles. The van der Waals surface area contributed by atoms with Crippen molar-refractivity contribution in [2.45, 2.75) is 34.2 Å². The van der Waals surface area contributed by atoms with E-state index in [9.17, 15) is 0 Å². The molecule has 4 aromatic rings. The van der Waals surface area contributed by atoms with Gasteiger partial charge in [0.2, 0.25) is 0 Å². The number of hydrogen-bond donors (Lipinski definition) is 1. The first-order chi connectivity index (χ1) is 15.6. The number of nitrogens with one attached hydrogen (secondary N) is 1. The lowest BCUT2D eigenvalue weighted by Gasteiger charge is -2.14. The largest absolute Gasteiger partial charge is 0.493 e. The lowest BCUT2D eigenvalue weighted by molar-refractivity contribution is 0.356. The van der Waals surface area contributed by atoms with Crippen molar-refractivity contribution in [2.24, 2.45) is 0 Å². The van der Waals surface area contributed by atoms with Gasteiger partial charge in [-0.3, -0.25) is 4.98 Å². The maximum Gasteiger partial charge on any atom is 0.162 e. The van der Waals surface area contributed by atoms with E-state index in [1.807, 2.05) is 51.4 Å². The van der Waals surface area contributed by atoms with Crippen LogP contribution in [0.5, 0.6) is 11.5 Å². The van der Waals surface area contributed by atoms with Crippen LogP contribution < -0.4 is 14.8 Å². The summed E-state index contributed by atoms with van der Waals surface area (Å²) in [5.41, 5.74) is 5.48. The van der Waals surface area contributed by atoms with Gasteiger partial charge in [0.15, 0.2) is 11.5 Å². The van der Waals surface area contributed by atoms with Crippen LogP contribution in [0.25, 0.3) is 22.0 Å². The van der Waals surface area contributed by atoms with Gasteiger partial charge in [-0.15, -0.1) is 0 Å². The number of anilines is 1. The van der Waals surface area contributed by atoms with Gasteiger partial charge >= 0.3 is 0 Å². The minimum atomic E-state index is 0.637. The van der Waals surface area contributed by atoms with Crippen molar-refractivity contribution in [3.63, 3.8) is 0 Å². The first-order valence-corrected chi connectivity index (χ1v) is 10.7. The molecule has 0 radical (unpaired) electrons. The number of fused-ring (bicyclic) bond motifs is 1. The Kier molecular flexibility index (Phi) is 7.60. The number of rotatable bonds is 6. The number of hydrogen-bond acceptors (Lipinski definition) is 6. The molecular formula is C26H30N4O2. The number of ether oxygens (including phenoxy) is 2. The topological polar surface area (TPSA) is 69.2 Å². The molecule has 2 aromatic carbocycles. The van der Waals surface area contributed by atoms with Crippen molar-refractivity contribution in [3.8, 4) is 22.6 Å². The summed E-state index contributed by atoms with van der Waals surface area (Å²) in [5.74, 6) is 2.76. The number of benzene rings is 2. The molecule has 0 aliphatic rings. The highest BCUT2D eigenvalue weighted by Crippen LogP contribution is 2.34. The predicted octanol–water partition coefficient (Wildman–Crippen LogP) is 5.96. The Balaban J connectivity index is 0.00000141. The fourth-order valence-corrected chi connectivity index (χ4v) is 3.54. The van der Waals surface area contributed by atoms with Gasteiger partial charge in [0.25, 0.3) is 0 Å². The molecule has 6 nitrogen and oxygen atoms in total. The molecule has 0 bridgehead atoms. The molecule has 32 heavy (non-hydrogen) atoms. The van der Waals surface area contributed by atoms with Crippen LogP contribution in [0.3, 0.4) is 0 Å².